The van der Waals surface area contributed by atoms with Crippen molar-refractivity contribution in [2.75, 3.05) is 32.3 Å². The quantitative estimate of drug-likeness (QED) is 0.476. The summed E-state index contributed by atoms with van der Waals surface area (Å²) in [6, 6.07) is 8.31. The van der Waals surface area contributed by atoms with E-state index in [0.29, 0.717) is 25.5 Å². The molecule has 28 heavy (non-hydrogen) atoms. The molecule has 2 rings (SSSR count). The second-order valence-electron chi connectivity index (χ2n) is 7.33. The van der Waals surface area contributed by atoms with Crippen molar-refractivity contribution in [2.45, 2.75) is 51.5 Å². The normalized spacial score (nSPS) is 17.3. The fourth-order valence-electron chi connectivity index (χ4n) is 2.96. The van der Waals surface area contributed by atoms with Gasteiger partial charge < -0.3 is 20.1 Å². The molecule has 0 bridgehead atoms. The summed E-state index contributed by atoms with van der Waals surface area (Å²) in [6.45, 7) is 4.75. The molecule has 1 saturated heterocycles. The number of aliphatic imine (C=N–C) groups is 1. The first-order valence-electron chi connectivity index (χ1n) is 9.78. The first kappa shape index (κ1) is 22.6. The highest BCUT2D eigenvalue weighted by Crippen LogP contribution is 2.14. The van der Waals surface area contributed by atoms with Crippen LogP contribution in [0, 0.1) is 0 Å². The van der Waals surface area contributed by atoms with Crippen LogP contribution >= 0.6 is 0 Å². The van der Waals surface area contributed by atoms with Gasteiger partial charge in [-0.3, -0.25) is 4.99 Å². The zero-order valence-corrected chi connectivity index (χ0v) is 17.9. The van der Waals surface area contributed by atoms with Gasteiger partial charge in [-0.2, -0.15) is 0 Å². The Balaban J connectivity index is 1.78. The predicted molar refractivity (Wildman–Crippen MR) is 112 cm³/mol. The van der Waals surface area contributed by atoms with Crippen LogP contribution in [0.2, 0.25) is 0 Å². The summed E-state index contributed by atoms with van der Waals surface area (Å²) in [6.07, 6.45) is 4.00. The van der Waals surface area contributed by atoms with Gasteiger partial charge in [-0.1, -0.05) is 24.3 Å². The van der Waals surface area contributed by atoms with E-state index in [0.717, 1.165) is 37.2 Å². The lowest BCUT2D eigenvalue weighted by molar-refractivity contribution is -0.0390. The predicted octanol–water partition coefficient (Wildman–Crippen LogP) is 1.87. The number of guanidine groups is 1. The maximum atomic E-state index is 11.3. The van der Waals surface area contributed by atoms with Gasteiger partial charge in [0.2, 0.25) is 0 Å². The number of rotatable bonds is 9. The van der Waals surface area contributed by atoms with Gasteiger partial charge in [-0.25, -0.2) is 8.42 Å². The Morgan fingerprint density at radius 3 is 2.71 bits per heavy atom. The second-order valence-corrected chi connectivity index (χ2v) is 9.59. The van der Waals surface area contributed by atoms with E-state index >= 15 is 0 Å². The zero-order chi connectivity index (χ0) is 20.4. The van der Waals surface area contributed by atoms with Gasteiger partial charge in [-0.15, -0.1) is 0 Å². The maximum Gasteiger partial charge on any atom is 0.191 e. The fraction of sp³-hybridized carbons (Fsp3) is 0.650. The molecule has 1 aliphatic rings. The SMILES string of the molecule is CN=C(NCc1cccc(COC2CCOCC2)c1)NC(C)CCS(C)(=O)=O. The Bertz CT molecular complexity index is 731. The minimum absolute atomic E-state index is 0.0140. The molecule has 0 aliphatic carbocycles. The number of nitrogens with zero attached hydrogens (tertiary/aromatic N) is 1. The Morgan fingerprint density at radius 1 is 1.32 bits per heavy atom. The molecular weight excluding hydrogens is 378 g/mol. The minimum atomic E-state index is -2.95. The Labute approximate surface area is 168 Å². The molecule has 2 N–H and O–H groups in total. The lowest BCUT2D eigenvalue weighted by Crippen LogP contribution is -2.42. The van der Waals surface area contributed by atoms with Gasteiger partial charge in [-0.05, 0) is 37.3 Å². The Kier molecular flexibility index (Phi) is 9.21. The third-order valence-corrected chi connectivity index (χ3v) is 5.61. The summed E-state index contributed by atoms with van der Waals surface area (Å²) >= 11 is 0. The zero-order valence-electron chi connectivity index (χ0n) is 17.1. The molecule has 8 heteroatoms. The molecule has 1 fully saturated rings. The van der Waals surface area contributed by atoms with Crippen molar-refractivity contribution in [3.05, 3.63) is 35.4 Å². The summed E-state index contributed by atoms with van der Waals surface area (Å²) in [5, 5.41) is 6.51. The van der Waals surface area contributed by atoms with Crippen LogP contribution in [0.1, 0.15) is 37.3 Å². The summed E-state index contributed by atoms with van der Waals surface area (Å²) in [5.41, 5.74) is 2.29. The van der Waals surface area contributed by atoms with E-state index in [4.69, 9.17) is 9.47 Å². The van der Waals surface area contributed by atoms with E-state index in [2.05, 4.69) is 33.8 Å². The Hall–Kier alpha value is -1.64. The van der Waals surface area contributed by atoms with Crippen LogP contribution in [0.25, 0.3) is 0 Å². The van der Waals surface area contributed by atoms with E-state index in [1.165, 1.54) is 6.26 Å². The number of hydrogen-bond donors (Lipinski definition) is 2. The van der Waals surface area contributed by atoms with Gasteiger partial charge in [0.15, 0.2) is 5.96 Å². The number of sulfone groups is 1. The molecule has 1 aromatic carbocycles. The van der Waals surface area contributed by atoms with Gasteiger partial charge in [0.1, 0.15) is 9.84 Å². The van der Waals surface area contributed by atoms with Gasteiger partial charge in [0.25, 0.3) is 0 Å². The highest BCUT2D eigenvalue weighted by atomic mass is 32.2. The van der Waals surface area contributed by atoms with Gasteiger partial charge in [0, 0.05) is 39.1 Å². The van der Waals surface area contributed by atoms with Crippen molar-refractivity contribution in [2.24, 2.45) is 4.99 Å². The summed E-state index contributed by atoms with van der Waals surface area (Å²) in [7, 11) is -1.25. The second kappa shape index (κ2) is 11.4. The molecule has 0 saturated carbocycles. The van der Waals surface area contributed by atoms with Crippen LogP contribution in [-0.4, -0.2) is 58.8 Å². The van der Waals surface area contributed by atoms with Gasteiger partial charge >= 0.3 is 0 Å². The third kappa shape index (κ3) is 9.03. The summed E-state index contributed by atoms with van der Waals surface area (Å²) in [5.74, 6) is 0.817. The largest absolute Gasteiger partial charge is 0.381 e. The topological polar surface area (TPSA) is 89.0 Å². The smallest absolute Gasteiger partial charge is 0.191 e. The maximum absolute atomic E-state index is 11.3. The van der Waals surface area contributed by atoms with Crippen LogP contribution in [0.3, 0.4) is 0 Å². The van der Waals surface area contributed by atoms with Crippen molar-refractivity contribution in [3.63, 3.8) is 0 Å². The lowest BCUT2D eigenvalue weighted by atomic mass is 10.1. The average molecular weight is 412 g/mol. The molecule has 1 atom stereocenters. The van der Waals surface area contributed by atoms with Crippen molar-refractivity contribution in [1.82, 2.24) is 10.6 Å². The lowest BCUT2D eigenvalue weighted by Gasteiger charge is -2.22. The molecule has 0 aromatic heterocycles. The van der Waals surface area contributed by atoms with Crippen molar-refractivity contribution in [3.8, 4) is 0 Å². The standard InChI is InChI=1S/C20H33N3O4S/c1-16(9-12-28(3,24)25)23-20(21-2)22-14-17-5-4-6-18(13-17)15-27-19-7-10-26-11-8-19/h4-6,13,16,19H,7-12,14-15H2,1-3H3,(H2,21,22,23). The van der Waals surface area contributed by atoms with Crippen LogP contribution in [0.5, 0.6) is 0 Å². The summed E-state index contributed by atoms with van der Waals surface area (Å²) < 4.78 is 33.9. The van der Waals surface area contributed by atoms with Crippen molar-refractivity contribution < 1.29 is 17.9 Å². The van der Waals surface area contributed by atoms with E-state index in [-0.39, 0.29) is 17.9 Å². The molecule has 0 radical (unpaired) electrons. The van der Waals surface area contributed by atoms with Crippen molar-refractivity contribution >= 4 is 15.8 Å². The molecule has 1 unspecified atom stereocenters. The average Bonchev–Trinajstić information content (AvgIpc) is 2.68. The molecule has 1 aromatic rings. The van der Waals surface area contributed by atoms with E-state index in [1.54, 1.807) is 7.05 Å². The fourth-order valence-corrected chi connectivity index (χ4v) is 3.74. The molecule has 7 nitrogen and oxygen atoms in total. The first-order chi connectivity index (χ1) is 13.4. The van der Waals surface area contributed by atoms with Crippen LogP contribution in [-0.2, 0) is 32.5 Å². The van der Waals surface area contributed by atoms with Crippen molar-refractivity contribution in [1.29, 1.82) is 0 Å². The molecule has 0 amide bonds. The minimum Gasteiger partial charge on any atom is -0.381 e. The van der Waals surface area contributed by atoms with Crippen LogP contribution in [0.15, 0.2) is 29.3 Å². The molecule has 1 aliphatic heterocycles. The molecular formula is C20H33N3O4S. The molecule has 158 valence electrons. The van der Waals surface area contributed by atoms with E-state index in [1.807, 2.05) is 13.0 Å². The summed E-state index contributed by atoms with van der Waals surface area (Å²) in [4.78, 5) is 4.22. The number of ether oxygens (including phenoxy) is 2. The third-order valence-electron chi connectivity index (χ3n) is 4.63. The van der Waals surface area contributed by atoms with E-state index in [9.17, 15) is 8.42 Å². The number of benzene rings is 1. The molecule has 1 heterocycles. The highest BCUT2D eigenvalue weighted by molar-refractivity contribution is 7.90. The van der Waals surface area contributed by atoms with E-state index < -0.39 is 9.84 Å². The Morgan fingerprint density at radius 2 is 2.04 bits per heavy atom. The first-order valence-corrected chi connectivity index (χ1v) is 11.8. The number of hydrogen-bond acceptors (Lipinski definition) is 5. The van der Waals surface area contributed by atoms with Crippen LogP contribution < -0.4 is 10.6 Å². The monoisotopic (exact) mass is 411 g/mol. The van der Waals surface area contributed by atoms with Gasteiger partial charge in [0.05, 0.1) is 18.5 Å². The van der Waals surface area contributed by atoms with Crippen LogP contribution in [0.4, 0.5) is 0 Å². The highest BCUT2D eigenvalue weighted by Gasteiger charge is 2.14. The molecule has 0 spiro atoms. The number of nitrogens with one attached hydrogen (secondary N) is 2.